The second-order valence-corrected chi connectivity index (χ2v) is 4.64. The highest BCUT2D eigenvalue weighted by molar-refractivity contribution is 6.00. The lowest BCUT2D eigenvalue weighted by Gasteiger charge is -2.13. The SMILES string of the molecule is O=C1Cc2ccccc2-c2cc(C(F)(F)F)ccc2N1. The van der Waals surface area contributed by atoms with E-state index in [1.54, 1.807) is 24.3 Å². The fourth-order valence-corrected chi connectivity index (χ4v) is 2.36. The van der Waals surface area contributed by atoms with E-state index in [0.717, 1.165) is 17.7 Å². The molecule has 0 aromatic heterocycles. The molecule has 20 heavy (non-hydrogen) atoms. The molecule has 0 spiro atoms. The zero-order valence-electron chi connectivity index (χ0n) is 10.3. The van der Waals surface area contributed by atoms with Gasteiger partial charge in [-0.15, -0.1) is 0 Å². The number of carbonyl (C=O) groups excluding carboxylic acids is 1. The molecule has 1 amide bonds. The van der Waals surface area contributed by atoms with Crippen LogP contribution >= 0.6 is 0 Å². The lowest BCUT2D eigenvalue weighted by molar-refractivity contribution is -0.137. The molecular formula is C15H10F3NO. The molecule has 0 fully saturated rings. The Morgan fingerprint density at radius 1 is 1.00 bits per heavy atom. The fourth-order valence-electron chi connectivity index (χ4n) is 2.36. The molecule has 2 nitrogen and oxygen atoms in total. The van der Waals surface area contributed by atoms with Crippen LogP contribution in [0.4, 0.5) is 18.9 Å². The van der Waals surface area contributed by atoms with Crippen molar-refractivity contribution in [3.63, 3.8) is 0 Å². The van der Waals surface area contributed by atoms with Gasteiger partial charge in [0.15, 0.2) is 0 Å². The van der Waals surface area contributed by atoms with Gasteiger partial charge in [-0.1, -0.05) is 24.3 Å². The van der Waals surface area contributed by atoms with Crippen molar-refractivity contribution in [3.8, 4) is 11.1 Å². The summed E-state index contributed by atoms with van der Waals surface area (Å²) in [6, 6.07) is 10.4. The molecule has 0 radical (unpaired) electrons. The van der Waals surface area contributed by atoms with Crippen molar-refractivity contribution >= 4 is 11.6 Å². The maximum absolute atomic E-state index is 12.8. The smallest absolute Gasteiger partial charge is 0.325 e. The summed E-state index contributed by atoms with van der Waals surface area (Å²) in [5, 5.41) is 2.64. The second kappa shape index (κ2) is 4.37. The van der Waals surface area contributed by atoms with E-state index in [1.807, 2.05) is 0 Å². The van der Waals surface area contributed by atoms with Crippen LogP contribution in [-0.2, 0) is 17.4 Å². The van der Waals surface area contributed by atoms with Crippen molar-refractivity contribution in [1.29, 1.82) is 0 Å². The minimum atomic E-state index is -4.40. The molecular weight excluding hydrogens is 267 g/mol. The first-order valence-electron chi connectivity index (χ1n) is 6.04. The van der Waals surface area contributed by atoms with Crippen LogP contribution in [0.5, 0.6) is 0 Å². The average Bonchev–Trinajstić information content (AvgIpc) is 2.52. The van der Waals surface area contributed by atoms with E-state index >= 15 is 0 Å². The summed E-state index contributed by atoms with van der Waals surface area (Å²) < 4.78 is 38.5. The molecule has 0 saturated carbocycles. The summed E-state index contributed by atoms with van der Waals surface area (Å²) >= 11 is 0. The number of hydrogen-bond donors (Lipinski definition) is 1. The molecule has 2 aromatic rings. The highest BCUT2D eigenvalue weighted by Crippen LogP contribution is 2.38. The summed E-state index contributed by atoms with van der Waals surface area (Å²) in [4.78, 5) is 11.8. The maximum atomic E-state index is 12.8. The second-order valence-electron chi connectivity index (χ2n) is 4.64. The molecule has 1 heterocycles. The zero-order chi connectivity index (χ0) is 14.3. The Morgan fingerprint density at radius 2 is 1.75 bits per heavy atom. The lowest BCUT2D eigenvalue weighted by Crippen LogP contribution is -2.12. The Labute approximate surface area is 113 Å². The molecule has 0 atom stereocenters. The summed E-state index contributed by atoms with van der Waals surface area (Å²) in [7, 11) is 0. The molecule has 102 valence electrons. The molecule has 1 aliphatic rings. The van der Waals surface area contributed by atoms with Crippen molar-refractivity contribution in [3.05, 3.63) is 53.6 Å². The Balaban J connectivity index is 2.25. The van der Waals surface area contributed by atoms with Gasteiger partial charge in [0.25, 0.3) is 0 Å². The van der Waals surface area contributed by atoms with Crippen LogP contribution in [0, 0.1) is 0 Å². The van der Waals surface area contributed by atoms with Crippen molar-refractivity contribution in [1.82, 2.24) is 0 Å². The summed E-state index contributed by atoms with van der Waals surface area (Å²) in [6.07, 6.45) is -4.24. The van der Waals surface area contributed by atoms with Crippen LogP contribution in [0.25, 0.3) is 11.1 Å². The first-order valence-corrected chi connectivity index (χ1v) is 6.04. The molecule has 3 rings (SSSR count). The Hall–Kier alpha value is -2.30. The van der Waals surface area contributed by atoms with Gasteiger partial charge < -0.3 is 5.32 Å². The maximum Gasteiger partial charge on any atom is 0.416 e. The van der Waals surface area contributed by atoms with Crippen LogP contribution in [-0.4, -0.2) is 5.91 Å². The molecule has 0 bridgehead atoms. The third-order valence-electron chi connectivity index (χ3n) is 3.28. The number of rotatable bonds is 0. The normalized spacial score (nSPS) is 14.1. The quantitative estimate of drug-likeness (QED) is 0.778. The fraction of sp³-hybridized carbons (Fsp3) is 0.133. The average molecular weight is 277 g/mol. The van der Waals surface area contributed by atoms with Crippen LogP contribution in [0.3, 0.4) is 0 Å². The van der Waals surface area contributed by atoms with E-state index in [4.69, 9.17) is 0 Å². The first-order chi connectivity index (χ1) is 9.45. The van der Waals surface area contributed by atoms with E-state index in [0.29, 0.717) is 16.8 Å². The molecule has 2 aromatic carbocycles. The summed E-state index contributed by atoms with van der Waals surface area (Å²) in [5.74, 6) is -0.226. The van der Waals surface area contributed by atoms with Crippen molar-refractivity contribution in [2.24, 2.45) is 0 Å². The van der Waals surface area contributed by atoms with Gasteiger partial charge in [0.2, 0.25) is 5.91 Å². The summed E-state index contributed by atoms with van der Waals surface area (Å²) in [6.45, 7) is 0. The van der Waals surface area contributed by atoms with E-state index in [2.05, 4.69) is 5.32 Å². The van der Waals surface area contributed by atoms with Gasteiger partial charge in [0, 0.05) is 11.3 Å². The van der Waals surface area contributed by atoms with Crippen LogP contribution in [0.1, 0.15) is 11.1 Å². The largest absolute Gasteiger partial charge is 0.416 e. The number of carbonyl (C=O) groups is 1. The van der Waals surface area contributed by atoms with Gasteiger partial charge in [-0.3, -0.25) is 4.79 Å². The van der Waals surface area contributed by atoms with E-state index in [-0.39, 0.29) is 12.3 Å². The van der Waals surface area contributed by atoms with Gasteiger partial charge in [-0.05, 0) is 29.3 Å². The number of nitrogens with one attached hydrogen (secondary N) is 1. The molecule has 0 aliphatic carbocycles. The number of anilines is 1. The predicted octanol–water partition coefficient (Wildman–Crippen LogP) is 3.87. The standard InChI is InChI=1S/C15H10F3NO/c16-15(17,18)10-5-6-13-12(8-10)11-4-2-1-3-9(11)7-14(20)19-13/h1-6,8H,7H2,(H,19,20). The number of amides is 1. The molecule has 5 heteroatoms. The third kappa shape index (κ3) is 2.15. The van der Waals surface area contributed by atoms with Gasteiger partial charge in [-0.2, -0.15) is 13.2 Å². The van der Waals surface area contributed by atoms with E-state index in [1.165, 1.54) is 6.07 Å². The highest BCUT2D eigenvalue weighted by atomic mass is 19.4. The van der Waals surface area contributed by atoms with E-state index in [9.17, 15) is 18.0 Å². The van der Waals surface area contributed by atoms with Crippen LogP contribution in [0.15, 0.2) is 42.5 Å². The van der Waals surface area contributed by atoms with Crippen LogP contribution in [0.2, 0.25) is 0 Å². The van der Waals surface area contributed by atoms with Crippen LogP contribution < -0.4 is 5.32 Å². The van der Waals surface area contributed by atoms with Crippen molar-refractivity contribution in [2.45, 2.75) is 12.6 Å². The minimum Gasteiger partial charge on any atom is -0.325 e. The van der Waals surface area contributed by atoms with E-state index < -0.39 is 11.7 Å². The van der Waals surface area contributed by atoms with Crippen molar-refractivity contribution < 1.29 is 18.0 Å². The third-order valence-corrected chi connectivity index (χ3v) is 3.28. The molecule has 1 aliphatic heterocycles. The number of alkyl halides is 3. The number of halogens is 3. The molecule has 0 unspecified atom stereocenters. The minimum absolute atomic E-state index is 0.159. The number of benzene rings is 2. The topological polar surface area (TPSA) is 29.1 Å². The van der Waals surface area contributed by atoms with Gasteiger partial charge in [0.1, 0.15) is 0 Å². The lowest BCUT2D eigenvalue weighted by atomic mass is 9.96. The van der Waals surface area contributed by atoms with Gasteiger partial charge >= 0.3 is 6.18 Å². The van der Waals surface area contributed by atoms with Gasteiger partial charge in [0.05, 0.1) is 12.0 Å². The Bertz CT molecular complexity index is 692. The van der Waals surface area contributed by atoms with Gasteiger partial charge in [-0.25, -0.2) is 0 Å². The monoisotopic (exact) mass is 277 g/mol. The van der Waals surface area contributed by atoms with Crippen molar-refractivity contribution in [2.75, 3.05) is 5.32 Å². The highest BCUT2D eigenvalue weighted by Gasteiger charge is 2.32. The summed E-state index contributed by atoms with van der Waals surface area (Å²) in [5.41, 5.74) is 1.48. The number of fused-ring (bicyclic) bond motifs is 3. The first kappa shape index (κ1) is 12.7. The molecule has 1 N–H and O–H groups in total. The molecule has 0 saturated heterocycles. The zero-order valence-corrected chi connectivity index (χ0v) is 10.3. The predicted molar refractivity (Wildman–Crippen MR) is 69.2 cm³/mol. The number of hydrogen-bond acceptors (Lipinski definition) is 1. The Kier molecular flexibility index (Phi) is 2.78. The Morgan fingerprint density at radius 3 is 2.50 bits per heavy atom.